The second-order valence-corrected chi connectivity index (χ2v) is 4.80. The third kappa shape index (κ3) is 3.02. The summed E-state index contributed by atoms with van der Waals surface area (Å²) < 4.78 is 4.83. The van der Waals surface area contributed by atoms with Crippen LogP contribution in [-0.4, -0.2) is 30.4 Å². The van der Waals surface area contributed by atoms with E-state index in [2.05, 4.69) is 0 Å². The van der Waals surface area contributed by atoms with E-state index >= 15 is 0 Å². The van der Waals surface area contributed by atoms with E-state index in [0.29, 0.717) is 19.6 Å². The van der Waals surface area contributed by atoms with Gasteiger partial charge in [-0.25, -0.2) is 4.79 Å². The lowest BCUT2D eigenvalue weighted by Crippen LogP contribution is -2.23. The van der Waals surface area contributed by atoms with Crippen molar-refractivity contribution >= 4 is 12.4 Å². The Hall–Kier alpha value is -2.10. The van der Waals surface area contributed by atoms with Crippen molar-refractivity contribution in [3.05, 3.63) is 48.2 Å². The predicted molar refractivity (Wildman–Crippen MR) is 71.7 cm³/mol. The number of carbonyl (C=O) groups is 2. The Kier molecular flexibility index (Phi) is 4.00. The van der Waals surface area contributed by atoms with Gasteiger partial charge in [-0.05, 0) is 18.9 Å². The monoisotopic (exact) mass is 259 g/mol. The van der Waals surface area contributed by atoms with Gasteiger partial charge < -0.3 is 9.53 Å². The predicted octanol–water partition coefficient (Wildman–Crippen LogP) is 2.50. The Morgan fingerprint density at radius 3 is 2.68 bits per heavy atom. The second-order valence-electron chi connectivity index (χ2n) is 4.80. The van der Waals surface area contributed by atoms with Gasteiger partial charge in [0.2, 0.25) is 0 Å². The minimum atomic E-state index is -0.568. The molecule has 1 saturated heterocycles. The molecule has 1 amide bonds. The Labute approximate surface area is 112 Å². The molecular formula is C15H17NO3. The first kappa shape index (κ1) is 13.3. The Balaban J connectivity index is 2.05. The molecule has 0 radical (unpaired) electrons. The number of allylic oxidation sites excluding steroid dienone is 1. The summed E-state index contributed by atoms with van der Waals surface area (Å²) >= 11 is 0. The molecule has 1 aromatic carbocycles. The normalized spacial score (nSPS) is 18.4. The van der Waals surface area contributed by atoms with E-state index in [-0.39, 0.29) is 6.09 Å². The fourth-order valence-electron chi connectivity index (χ4n) is 2.02. The van der Waals surface area contributed by atoms with Crippen LogP contribution in [0.5, 0.6) is 0 Å². The molecule has 1 aliphatic heterocycles. The molecule has 0 aromatic heterocycles. The molecule has 4 heteroatoms. The highest BCUT2D eigenvalue weighted by Crippen LogP contribution is 2.25. The summed E-state index contributed by atoms with van der Waals surface area (Å²) in [5, 5.41) is 0. The average Bonchev–Trinajstić information content (AvgIpc) is 2.85. The highest BCUT2D eigenvalue weighted by Gasteiger charge is 2.25. The van der Waals surface area contributed by atoms with Gasteiger partial charge in [0.1, 0.15) is 12.9 Å². The first-order valence-electron chi connectivity index (χ1n) is 6.28. The largest absolute Gasteiger partial charge is 0.447 e. The second kappa shape index (κ2) is 5.69. The summed E-state index contributed by atoms with van der Waals surface area (Å²) in [5.41, 5.74) is 0.403. The maximum absolute atomic E-state index is 11.4. The van der Waals surface area contributed by atoms with Gasteiger partial charge in [-0.2, -0.15) is 0 Å². The average molecular weight is 259 g/mol. The van der Waals surface area contributed by atoms with Crippen molar-refractivity contribution in [2.75, 3.05) is 13.2 Å². The molecule has 4 nitrogen and oxygen atoms in total. The quantitative estimate of drug-likeness (QED) is 0.763. The summed E-state index contributed by atoms with van der Waals surface area (Å²) in [4.78, 5) is 24.1. The number of amides is 1. The topological polar surface area (TPSA) is 46.6 Å². The zero-order chi connectivity index (χ0) is 13.7. The number of nitrogens with zero attached hydrogens (tertiary/aromatic N) is 1. The van der Waals surface area contributed by atoms with Gasteiger partial charge >= 0.3 is 6.09 Å². The van der Waals surface area contributed by atoms with Crippen molar-refractivity contribution in [2.45, 2.75) is 18.8 Å². The van der Waals surface area contributed by atoms with Crippen molar-refractivity contribution in [1.82, 2.24) is 4.90 Å². The molecule has 1 aromatic rings. The molecule has 0 aliphatic carbocycles. The van der Waals surface area contributed by atoms with E-state index in [1.807, 2.05) is 43.3 Å². The summed E-state index contributed by atoms with van der Waals surface area (Å²) in [6, 6.07) is 9.63. The van der Waals surface area contributed by atoms with E-state index < -0.39 is 5.41 Å². The molecular weight excluding hydrogens is 242 g/mol. The van der Waals surface area contributed by atoms with Gasteiger partial charge in [0, 0.05) is 6.20 Å². The molecule has 19 heavy (non-hydrogen) atoms. The molecule has 1 unspecified atom stereocenters. The van der Waals surface area contributed by atoms with Crippen LogP contribution in [0.25, 0.3) is 0 Å². The molecule has 0 saturated carbocycles. The highest BCUT2D eigenvalue weighted by molar-refractivity contribution is 5.71. The minimum Gasteiger partial charge on any atom is -0.447 e. The van der Waals surface area contributed by atoms with Crippen LogP contribution in [-0.2, 0) is 14.9 Å². The number of hydrogen-bond donors (Lipinski definition) is 0. The number of carbonyl (C=O) groups excluding carboxylic acids is 2. The molecule has 0 spiro atoms. The van der Waals surface area contributed by atoms with Gasteiger partial charge in [0.15, 0.2) is 0 Å². The van der Waals surface area contributed by atoms with Gasteiger partial charge in [0.05, 0.1) is 12.0 Å². The smallest absolute Gasteiger partial charge is 0.413 e. The van der Waals surface area contributed by atoms with Crippen LogP contribution in [0.3, 0.4) is 0 Å². The van der Waals surface area contributed by atoms with E-state index in [0.717, 1.165) is 11.8 Å². The van der Waals surface area contributed by atoms with Crippen molar-refractivity contribution < 1.29 is 14.3 Å². The Morgan fingerprint density at radius 2 is 2.11 bits per heavy atom. The maximum atomic E-state index is 11.4. The first-order chi connectivity index (χ1) is 9.15. The van der Waals surface area contributed by atoms with Crippen LogP contribution in [0.1, 0.15) is 18.9 Å². The maximum Gasteiger partial charge on any atom is 0.413 e. The number of aldehydes is 1. The van der Waals surface area contributed by atoms with Crippen LogP contribution < -0.4 is 0 Å². The lowest BCUT2D eigenvalue weighted by atomic mass is 9.81. The SMILES string of the molecule is CC(C=O)(C/C=C/N1CCOC1=O)c1ccccc1. The van der Waals surface area contributed by atoms with Crippen molar-refractivity contribution in [2.24, 2.45) is 0 Å². The fourth-order valence-corrected chi connectivity index (χ4v) is 2.02. The van der Waals surface area contributed by atoms with E-state index in [1.54, 1.807) is 6.20 Å². The minimum absolute atomic E-state index is 0.330. The summed E-state index contributed by atoms with van der Waals surface area (Å²) in [6.45, 7) is 2.88. The van der Waals surface area contributed by atoms with Crippen LogP contribution in [0, 0.1) is 0 Å². The van der Waals surface area contributed by atoms with Crippen LogP contribution in [0.4, 0.5) is 4.79 Å². The van der Waals surface area contributed by atoms with E-state index in [1.165, 1.54) is 4.90 Å². The Bertz CT molecular complexity index is 483. The molecule has 1 heterocycles. The molecule has 1 atom stereocenters. The number of hydrogen-bond acceptors (Lipinski definition) is 3. The van der Waals surface area contributed by atoms with Gasteiger partial charge in [0.25, 0.3) is 0 Å². The number of ether oxygens (including phenoxy) is 1. The zero-order valence-corrected chi connectivity index (χ0v) is 10.9. The van der Waals surface area contributed by atoms with Gasteiger partial charge in [-0.1, -0.05) is 36.4 Å². The zero-order valence-electron chi connectivity index (χ0n) is 10.9. The molecule has 2 rings (SSSR count). The van der Waals surface area contributed by atoms with Gasteiger partial charge in [-0.3, -0.25) is 4.90 Å². The van der Waals surface area contributed by atoms with Gasteiger partial charge in [-0.15, -0.1) is 0 Å². The van der Waals surface area contributed by atoms with Crippen LogP contribution in [0.2, 0.25) is 0 Å². The fraction of sp³-hybridized carbons (Fsp3) is 0.333. The van der Waals surface area contributed by atoms with Crippen LogP contribution in [0.15, 0.2) is 42.6 Å². The molecule has 0 N–H and O–H groups in total. The summed E-state index contributed by atoms with van der Waals surface area (Å²) in [7, 11) is 0. The molecule has 100 valence electrons. The molecule has 1 aliphatic rings. The molecule has 0 bridgehead atoms. The molecule has 1 fully saturated rings. The lowest BCUT2D eigenvalue weighted by molar-refractivity contribution is -0.112. The Morgan fingerprint density at radius 1 is 1.37 bits per heavy atom. The number of cyclic esters (lactones) is 1. The lowest BCUT2D eigenvalue weighted by Gasteiger charge is -2.22. The number of rotatable bonds is 5. The summed E-state index contributed by atoms with van der Waals surface area (Å²) in [6.07, 6.45) is 4.71. The van der Waals surface area contributed by atoms with Crippen molar-refractivity contribution in [1.29, 1.82) is 0 Å². The van der Waals surface area contributed by atoms with Crippen molar-refractivity contribution in [3.63, 3.8) is 0 Å². The third-order valence-corrected chi connectivity index (χ3v) is 3.31. The third-order valence-electron chi connectivity index (χ3n) is 3.31. The van der Waals surface area contributed by atoms with E-state index in [4.69, 9.17) is 4.74 Å². The summed E-state index contributed by atoms with van der Waals surface area (Å²) in [5.74, 6) is 0. The standard InChI is InChI=1S/C15H17NO3/c1-15(12-17,13-6-3-2-4-7-13)8-5-9-16-10-11-19-14(16)18/h2-7,9,12H,8,10-11H2,1H3/b9-5+. The first-order valence-corrected chi connectivity index (χ1v) is 6.28. The number of benzene rings is 1. The van der Waals surface area contributed by atoms with Crippen molar-refractivity contribution in [3.8, 4) is 0 Å². The van der Waals surface area contributed by atoms with E-state index in [9.17, 15) is 9.59 Å². The van der Waals surface area contributed by atoms with Crippen LogP contribution >= 0.6 is 0 Å². The highest BCUT2D eigenvalue weighted by atomic mass is 16.6.